The molecule has 1 aromatic carbocycles. The molecule has 1 heterocycles. The van der Waals surface area contributed by atoms with Crippen LogP contribution in [-0.4, -0.2) is 26.1 Å². The molecule has 19 heavy (non-hydrogen) atoms. The number of nitrogens with zero attached hydrogens (tertiary/aromatic N) is 1. The summed E-state index contributed by atoms with van der Waals surface area (Å²) in [7, 11) is -3.18. The molecule has 1 aliphatic heterocycles. The standard InChI is InChI=1S/C14H17NO3S/c1-3-12-6-4-5-7-14(12)15(11(2)16)13-8-9-19(17,18)10-13/h4-9,13H,3,10H2,1-2H3/t13-/m1/s1. The van der Waals surface area contributed by atoms with E-state index in [0.29, 0.717) is 0 Å². The molecular weight excluding hydrogens is 262 g/mol. The van der Waals surface area contributed by atoms with Crippen molar-refractivity contribution in [2.45, 2.75) is 26.3 Å². The minimum Gasteiger partial charge on any atom is -0.304 e. The number of sulfone groups is 1. The molecule has 2 rings (SSSR count). The highest BCUT2D eigenvalue weighted by molar-refractivity contribution is 7.94. The molecule has 1 amide bonds. The highest BCUT2D eigenvalue weighted by Gasteiger charge is 2.30. The first-order valence-electron chi connectivity index (χ1n) is 6.23. The van der Waals surface area contributed by atoms with E-state index in [-0.39, 0.29) is 11.7 Å². The fourth-order valence-corrected chi connectivity index (χ4v) is 3.61. The third kappa shape index (κ3) is 2.87. The topological polar surface area (TPSA) is 54.5 Å². The fraction of sp³-hybridized carbons (Fsp3) is 0.357. The van der Waals surface area contributed by atoms with Crippen molar-refractivity contribution >= 4 is 21.4 Å². The average Bonchev–Trinajstić information content (AvgIpc) is 2.70. The van der Waals surface area contributed by atoms with Crippen LogP contribution in [0.25, 0.3) is 0 Å². The first-order chi connectivity index (χ1) is 8.94. The van der Waals surface area contributed by atoms with Crippen molar-refractivity contribution in [3.05, 3.63) is 41.3 Å². The van der Waals surface area contributed by atoms with Gasteiger partial charge in [-0.15, -0.1) is 0 Å². The molecule has 0 aliphatic carbocycles. The van der Waals surface area contributed by atoms with Gasteiger partial charge in [0.15, 0.2) is 9.84 Å². The van der Waals surface area contributed by atoms with Crippen molar-refractivity contribution in [3.63, 3.8) is 0 Å². The molecule has 0 saturated heterocycles. The fourth-order valence-electron chi connectivity index (χ4n) is 2.35. The zero-order chi connectivity index (χ0) is 14.0. The first kappa shape index (κ1) is 13.8. The van der Waals surface area contributed by atoms with E-state index in [2.05, 4.69) is 0 Å². The number of aryl methyl sites for hydroxylation is 1. The number of para-hydroxylation sites is 1. The maximum atomic E-state index is 11.9. The Hall–Kier alpha value is -1.62. The van der Waals surface area contributed by atoms with Gasteiger partial charge in [0.2, 0.25) is 5.91 Å². The van der Waals surface area contributed by atoms with Crippen LogP contribution >= 0.6 is 0 Å². The van der Waals surface area contributed by atoms with Crippen LogP contribution in [0.5, 0.6) is 0 Å². The molecule has 1 atom stereocenters. The monoisotopic (exact) mass is 279 g/mol. The third-order valence-electron chi connectivity index (χ3n) is 3.21. The number of hydrogen-bond acceptors (Lipinski definition) is 3. The van der Waals surface area contributed by atoms with Crippen LogP contribution in [0.4, 0.5) is 5.69 Å². The first-order valence-corrected chi connectivity index (χ1v) is 7.95. The number of rotatable bonds is 3. The number of carbonyl (C=O) groups excluding carboxylic acids is 1. The summed E-state index contributed by atoms with van der Waals surface area (Å²) in [5.74, 6) is -0.183. The third-order valence-corrected chi connectivity index (χ3v) is 4.59. The van der Waals surface area contributed by atoms with E-state index < -0.39 is 15.9 Å². The summed E-state index contributed by atoms with van der Waals surface area (Å²) in [6.45, 7) is 3.48. The van der Waals surface area contributed by atoms with Gasteiger partial charge in [-0.2, -0.15) is 0 Å². The van der Waals surface area contributed by atoms with E-state index in [1.54, 1.807) is 11.0 Å². The van der Waals surface area contributed by atoms with Gasteiger partial charge in [-0.05, 0) is 24.1 Å². The lowest BCUT2D eigenvalue weighted by atomic mass is 10.1. The van der Waals surface area contributed by atoms with Gasteiger partial charge in [-0.1, -0.05) is 25.1 Å². The molecular formula is C14H17NO3S. The van der Waals surface area contributed by atoms with Crippen LogP contribution in [0.1, 0.15) is 19.4 Å². The summed E-state index contributed by atoms with van der Waals surface area (Å²) in [4.78, 5) is 13.5. The van der Waals surface area contributed by atoms with Gasteiger partial charge in [0.25, 0.3) is 0 Å². The summed E-state index contributed by atoms with van der Waals surface area (Å²) in [6, 6.07) is 7.19. The molecule has 1 aromatic rings. The Bertz CT molecular complexity index is 619. The van der Waals surface area contributed by atoms with Crippen molar-refractivity contribution in [3.8, 4) is 0 Å². The lowest BCUT2D eigenvalue weighted by Gasteiger charge is -2.28. The largest absolute Gasteiger partial charge is 0.304 e. The van der Waals surface area contributed by atoms with Crippen LogP contribution in [0.2, 0.25) is 0 Å². The Morgan fingerprint density at radius 3 is 2.58 bits per heavy atom. The highest BCUT2D eigenvalue weighted by atomic mass is 32.2. The Morgan fingerprint density at radius 2 is 2.05 bits per heavy atom. The molecule has 1 aliphatic rings. The number of anilines is 1. The quantitative estimate of drug-likeness (QED) is 0.849. The van der Waals surface area contributed by atoms with Crippen LogP contribution in [-0.2, 0) is 21.1 Å². The number of carbonyl (C=O) groups is 1. The van der Waals surface area contributed by atoms with Crippen molar-refractivity contribution in [2.75, 3.05) is 10.7 Å². The van der Waals surface area contributed by atoms with Crippen molar-refractivity contribution in [1.29, 1.82) is 0 Å². The van der Waals surface area contributed by atoms with Gasteiger partial charge >= 0.3 is 0 Å². The summed E-state index contributed by atoms with van der Waals surface area (Å²) in [5, 5.41) is 1.20. The highest BCUT2D eigenvalue weighted by Crippen LogP contribution is 2.26. The molecule has 0 bridgehead atoms. The minimum absolute atomic E-state index is 0.0371. The molecule has 0 spiro atoms. The Kier molecular flexibility index (Phi) is 3.75. The molecule has 0 fully saturated rings. The van der Waals surface area contributed by atoms with Crippen molar-refractivity contribution < 1.29 is 13.2 Å². The molecule has 0 saturated carbocycles. The predicted molar refractivity (Wildman–Crippen MR) is 75.7 cm³/mol. The van der Waals surface area contributed by atoms with E-state index in [9.17, 15) is 13.2 Å². The Morgan fingerprint density at radius 1 is 1.37 bits per heavy atom. The van der Waals surface area contributed by atoms with E-state index in [1.807, 2.05) is 31.2 Å². The second-order valence-electron chi connectivity index (χ2n) is 4.60. The van der Waals surface area contributed by atoms with E-state index in [0.717, 1.165) is 17.7 Å². The van der Waals surface area contributed by atoms with E-state index >= 15 is 0 Å². The Balaban J connectivity index is 2.42. The molecule has 5 heteroatoms. The normalized spacial score (nSPS) is 20.4. The smallest absolute Gasteiger partial charge is 0.224 e. The van der Waals surface area contributed by atoms with Crippen LogP contribution in [0.3, 0.4) is 0 Å². The van der Waals surface area contributed by atoms with E-state index in [1.165, 1.54) is 12.3 Å². The summed E-state index contributed by atoms with van der Waals surface area (Å²) in [5.41, 5.74) is 1.83. The summed E-state index contributed by atoms with van der Waals surface area (Å²) >= 11 is 0. The summed E-state index contributed by atoms with van der Waals surface area (Å²) in [6.07, 6.45) is 2.38. The van der Waals surface area contributed by atoms with Crippen molar-refractivity contribution in [1.82, 2.24) is 0 Å². The lowest BCUT2D eigenvalue weighted by molar-refractivity contribution is -0.116. The van der Waals surface area contributed by atoms with E-state index in [4.69, 9.17) is 0 Å². The molecule has 0 unspecified atom stereocenters. The zero-order valence-electron chi connectivity index (χ0n) is 11.0. The van der Waals surface area contributed by atoms with Crippen LogP contribution in [0.15, 0.2) is 35.7 Å². The van der Waals surface area contributed by atoms with Crippen LogP contribution < -0.4 is 4.90 Å². The number of benzene rings is 1. The number of hydrogen-bond donors (Lipinski definition) is 0. The van der Waals surface area contributed by atoms with Crippen molar-refractivity contribution in [2.24, 2.45) is 0 Å². The molecule has 0 aromatic heterocycles. The van der Waals surface area contributed by atoms with Gasteiger partial charge in [-0.25, -0.2) is 8.42 Å². The average molecular weight is 279 g/mol. The van der Waals surface area contributed by atoms with Gasteiger partial charge in [0.1, 0.15) is 0 Å². The van der Waals surface area contributed by atoms with Gasteiger partial charge in [-0.3, -0.25) is 4.79 Å². The molecule has 0 radical (unpaired) electrons. The molecule has 4 nitrogen and oxygen atoms in total. The number of amides is 1. The van der Waals surface area contributed by atoms with Gasteiger partial charge in [0.05, 0.1) is 11.8 Å². The zero-order valence-corrected chi connectivity index (χ0v) is 11.9. The molecule has 102 valence electrons. The predicted octanol–water partition coefficient (Wildman–Crippen LogP) is 1.91. The molecule has 0 N–H and O–H groups in total. The Labute approximate surface area is 113 Å². The maximum absolute atomic E-state index is 11.9. The second kappa shape index (κ2) is 5.17. The van der Waals surface area contributed by atoms with Gasteiger partial charge in [0, 0.05) is 18.0 Å². The second-order valence-corrected chi connectivity index (χ2v) is 6.53. The van der Waals surface area contributed by atoms with Gasteiger partial charge < -0.3 is 4.90 Å². The van der Waals surface area contributed by atoms with Crippen LogP contribution in [0, 0.1) is 0 Å². The maximum Gasteiger partial charge on any atom is 0.224 e. The summed E-state index contributed by atoms with van der Waals surface area (Å²) < 4.78 is 23.1. The minimum atomic E-state index is -3.18. The lowest BCUT2D eigenvalue weighted by Crippen LogP contribution is -2.40. The SMILES string of the molecule is CCc1ccccc1N(C(C)=O)[C@@H]1C=CS(=O)(=O)C1.